The predicted octanol–water partition coefficient (Wildman–Crippen LogP) is 2.36. The number of phenols is 1. The van der Waals surface area contributed by atoms with Crippen LogP contribution < -0.4 is 5.32 Å². The fraction of sp³-hybridized carbons (Fsp3) is 0.423. The predicted molar refractivity (Wildman–Crippen MR) is 128 cm³/mol. The zero-order chi connectivity index (χ0) is 25.6. The zero-order valence-corrected chi connectivity index (χ0v) is 20.3. The number of hydrogen-bond donors (Lipinski definition) is 2. The maximum atomic E-state index is 13.4. The molecular weight excluding hydrogens is 453 g/mol. The molecule has 1 unspecified atom stereocenters. The van der Waals surface area contributed by atoms with E-state index in [2.05, 4.69) is 5.32 Å². The molecule has 1 saturated heterocycles. The van der Waals surface area contributed by atoms with Crippen LogP contribution in [0.1, 0.15) is 36.7 Å². The molecule has 0 bridgehead atoms. The molecule has 8 nitrogen and oxygen atoms in total. The van der Waals surface area contributed by atoms with Crippen LogP contribution in [0.15, 0.2) is 48.5 Å². The molecule has 1 heterocycles. The second-order valence-corrected chi connectivity index (χ2v) is 9.51. The molecule has 1 aliphatic rings. The van der Waals surface area contributed by atoms with Crippen LogP contribution in [-0.2, 0) is 20.7 Å². The molecule has 0 radical (unpaired) electrons. The van der Waals surface area contributed by atoms with Crippen molar-refractivity contribution >= 4 is 17.8 Å². The number of carbonyl (C=O) groups is 3. The number of halogens is 1. The van der Waals surface area contributed by atoms with E-state index in [1.165, 1.54) is 24.3 Å². The Kier molecular flexibility index (Phi) is 8.45. The molecule has 2 N–H and O–H groups in total. The summed E-state index contributed by atoms with van der Waals surface area (Å²) in [6, 6.07) is 11.2. The topological polar surface area (TPSA) is 99.2 Å². The maximum Gasteiger partial charge on any atom is 0.320 e. The van der Waals surface area contributed by atoms with Crippen molar-refractivity contribution in [3.05, 3.63) is 65.5 Å². The summed E-state index contributed by atoms with van der Waals surface area (Å²) in [5, 5.41) is 12.6. The van der Waals surface area contributed by atoms with Gasteiger partial charge >= 0.3 is 5.97 Å². The van der Waals surface area contributed by atoms with Gasteiger partial charge in [-0.05, 0) is 69.2 Å². The first-order chi connectivity index (χ1) is 16.5. The number of amides is 2. The normalized spacial score (nSPS) is 15.0. The largest absolute Gasteiger partial charge is 0.508 e. The van der Waals surface area contributed by atoms with Crippen LogP contribution in [-0.4, -0.2) is 77.1 Å². The van der Waals surface area contributed by atoms with Gasteiger partial charge in [0, 0.05) is 31.7 Å². The van der Waals surface area contributed by atoms with Gasteiger partial charge in [-0.15, -0.1) is 0 Å². The van der Waals surface area contributed by atoms with Crippen molar-refractivity contribution in [2.45, 2.75) is 38.8 Å². The fourth-order valence-electron chi connectivity index (χ4n) is 3.82. The first-order valence-electron chi connectivity index (χ1n) is 11.6. The standard InChI is InChI=1S/C26H32FN3O5/c1-26(2,3)35-23(32)17-28-22(16-18-4-10-21(31)11-5-18)25(34)30-14-12-29(13-15-30)24(33)19-6-8-20(27)9-7-19/h4-11,22,28,31H,12-17H2,1-3H3. The number of ether oxygens (including phenoxy) is 1. The van der Waals surface area contributed by atoms with Gasteiger partial charge in [-0.3, -0.25) is 19.7 Å². The van der Waals surface area contributed by atoms with Crippen LogP contribution >= 0.6 is 0 Å². The Labute approximate surface area is 204 Å². The van der Waals surface area contributed by atoms with E-state index in [1.807, 2.05) is 0 Å². The molecule has 9 heteroatoms. The van der Waals surface area contributed by atoms with Gasteiger partial charge in [0.05, 0.1) is 12.6 Å². The highest BCUT2D eigenvalue weighted by atomic mass is 19.1. The molecule has 0 spiro atoms. The quantitative estimate of drug-likeness (QED) is 0.585. The Morgan fingerprint density at radius 3 is 2.11 bits per heavy atom. The van der Waals surface area contributed by atoms with Crippen molar-refractivity contribution in [1.82, 2.24) is 15.1 Å². The summed E-state index contributed by atoms with van der Waals surface area (Å²) >= 11 is 0. The molecule has 1 aliphatic heterocycles. The van der Waals surface area contributed by atoms with E-state index in [0.29, 0.717) is 38.2 Å². The van der Waals surface area contributed by atoms with Gasteiger partial charge in [-0.2, -0.15) is 0 Å². The average Bonchev–Trinajstić information content (AvgIpc) is 2.81. The lowest BCUT2D eigenvalue weighted by Gasteiger charge is -2.36. The summed E-state index contributed by atoms with van der Waals surface area (Å²) in [7, 11) is 0. The molecule has 0 aromatic heterocycles. The molecule has 2 aromatic rings. The number of piperazine rings is 1. The molecule has 1 atom stereocenters. The van der Waals surface area contributed by atoms with Crippen molar-refractivity contribution in [2.75, 3.05) is 32.7 Å². The van der Waals surface area contributed by atoms with Crippen LogP contribution in [0.25, 0.3) is 0 Å². The second kappa shape index (κ2) is 11.3. The third-order valence-electron chi connectivity index (χ3n) is 5.56. The molecule has 35 heavy (non-hydrogen) atoms. The van der Waals surface area contributed by atoms with Crippen molar-refractivity contribution < 1.29 is 28.6 Å². The summed E-state index contributed by atoms with van der Waals surface area (Å²) in [5.74, 6) is -1.14. The van der Waals surface area contributed by atoms with E-state index in [9.17, 15) is 23.9 Å². The lowest BCUT2D eigenvalue weighted by Crippen LogP contribution is -2.56. The molecular formula is C26H32FN3O5. The van der Waals surface area contributed by atoms with E-state index in [4.69, 9.17) is 4.74 Å². The number of hydrogen-bond acceptors (Lipinski definition) is 6. The first-order valence-corrected chi connectivity index (χ1v) is 11.6. The molecule has 0 aliphatic carbocycles. The van der Waals surface area contributed by atoms with Gasteiger partial charge in [0.2, 0.25) is 5.91 Å². The van der Waals surface area contributed by atoms with Crippen LogP contribution in [0.5, 0.6) is 5.75 Å². The number of aromatic hydroxyl groups is 1. The molecule has 2 aromatic carbocycles. The van der Waals surface area contributed by atoms with E-state index in [1.54, 1.807) is 54.8 Å². The van der Waals surface area contributed by atoms with Crippen molar-refractivity contribution in [2.24, 2.45) is 0 Å². The van der Waals surface area contributed by atoms with E-state index < -0.39 is 23.4 Å². The maximum absolute atomic E-state index is 13.4. The second-order valence-electron chi connectivity index (χ2n) is 9.51. The molecule has 3 rings (SSSR count). The van der Waals surface area contributed by atoms with Gasteiger partial charge in [0.25, 0.3) is 5.91 Å². The summed E-state index contributed by atoms with van der Waals surface area (Å²) in [6.07, 6.45) is 0.316. The van der Waals surface area contributed by atoms with Crippen LogP contribution in [0.4, 0.5) is 4.39 Å². The number of nitrogens with zero attached hydrogens (tertiary/aromatic N) is 2. The highest BCUT2D eigenvalue weighted by molar-refractivity contribution is 5.94. The average molecular weight is 486 g/mol. The Balaban J connectivity index is 1.63. The van der Waals surface area contributed by atoms with Crippen molar-refractivity contribution in [3.63, 3.8) is 0 Å². The lowest BCUT2D eigenvalue weighted by atomic mass is 10.0. The third kappa shape index (κ3) is 7.78. The number of phenolic OH excluding ortho intramolecular Hbond substituents is 1. The lowest BCUT2D eigenvalue weighted by molar-refractivity contribution is -0.153. The van der Waals surface area contributed by atoms with Crippen molar-refractivity contribution in [1.29, 1.82) is 0 Å². The minimum absolute atomic E-state index is 0.125. The van der Waals surface area contributed by atoms with Crippen LogP contribution in [0.3, 0.4) is 0 Å². The minimum Gasteiger partial charge on any atom is -0.508 e. The van der Waals surface area contributed by atoms with E-state index in [-0.39, 0.29) is 24.1 Å². The van der Waals surface area contributed by atoms with Gasteiger partial charge in [-0.1, -0.05) is 12.1 Å². The first kappa shape index (κ1) is 26.2. The number of nitrogens with one attached hydrogen (secondary N) is 1. The minimum atomic E-state index is -0.689. The van der Waals surface area contributed by atoms with Crippen LogP contribution in [0.2, 0.25) is 0 Å². The molecule has 0 saturated carbocycles. The Morgan fingerprint density at radius 2 is 1.54 bits per heavy atom. The van der Waals surface area contributed by atoms with E-state index in [0.717, 1.165) is 5.56 Å². The monoisotopic (exact) mass is 485 g/mol. The van der Waals surface area contributed by atoms with E-state index >= 15 is 0 Å². The summed E-state index contributed by atoms with van der Waals surface area (Å²) < 4.78 is 18.5. The van der Waals surface area contributed by atoms with Gasteiger partial charge < -0.3 is 19.6 Å². The Hall–Kier alpha value is -3.46. The van der Waals surface area contributed by atoms with Crippen molar-refractivity contribution in [3.8, 4) is 5.75 Å². The Morgan fingerprint density at radius 1 is 0.971 bits per heavy atom. The smallest absolute Gasteiger partial charge is 0.320 e. The molecule has 188 valence electrons. The van der Waals surface area contributed by atoms with Gasteiger partial charge in [0.15, 0.2) is 0 Å². The third-order valence-corrected chi connectivity index (χ3v) is 5.56. The summed E-state index contributed by atoms with van der Waals surface area (Å²) in [4.78, 5) is 41.6. The highest BCUT2D eigenvalue weighted by Gasteiger charge is 2.30. The summed E-state index contributed by atoms with van der Waals surface area (Å²) in [5.41, 5.74) is 0.584. The highest BCUT2D eigenvalue weighted by Crippen LogP contribution is 2.15. The zero-order valence-electron chi connectivity index (χ0n) is 20.3. The number of esters is 1. The fourth-order valence-corrected chi connectivity index (χ4v) is 3.82. The molecule has 1 fully saturated rings. The van der Waals surface area contributed by atoms with Gasteiger partial charge in [0.1, 0.15) is 17.2 Å². The van der Waals surface area contributed by atoms with Gasteiger partial charge in [-0.25, -0.2) is 4.39 Å². The SMILES string of the molecule is CC(C)(C)OC(=O)CNC(Cc1ccc(O)cc1)C(=O)N1CCN(C(=O)c2ccc(F)cc2)CC1. The number of benzene rings is 2. The molecule has 2 amide bonds. The van der Waals surface area contributed by atoms with Crippen LogP contribution in [0, 0.1) is 5.82 Å². The summed E-state index contributed by atoms with van der Waals surface area (Å²) in [6.45, 7) is 6.57. The number of carbonyl (C=O) groups excluding carboxylic acids is 3. The number of rotatable bonds is 7. The Bertz CT molecular complexity index is 1030.